The molecule has 140 valence electrons. The molecule has 1 heterocycles. The summed E-state index contributed by atoms with van der Waals surface area (Å²) in [5.41, 5.74) is 0.774. The number of hydrogen-bond donors (Lipinski definition) is 0. The molecular weight excluding hydrogens is 354 g/mol. The molecule has 6 nitrogen and oxygen atoms in total. The summed E-state index contributed by atoms with van der Waals surface area (Å²) in [7, 11) is 0. The first-order valence-electron chi connectivity index (χ1n) is 8.57. The zero-order chi connectivity index (χ0) is 19.3. The number of rotatable bonds is 7. The van der Waals surface area contributed by atoms with E-state index in [1.54, 1.807) is 13.0 Å². The predicted octanol–water partition coefficient (Wildman–Crippen LogP) is 3.85. The Morgan fingerprint density at radius 1 is 1.19 bits per heavy atom. The van der Waals surface area contributed by atoms with E-state index in [-0.39, 0.29) is 17.6 Å². The van der Waals surface area contributed by atoms with Crippen molar-refractivity contribution >= 4 is 35.0 Å². The lowest BCUT2D eigenvalue weighted by molar-refractivity contribution is -0.150. The van der Waals surface area contributed by atoms with Gasteiger partial charge in [0, 0.05) is 0 Å². The highest BCUT2D eigenvalue weighted by Gasteiger charge is 2.41. The first kappa shape index (κ1) is 20.0. The highest BCUT2D eigenvalue weighted by Crippen LogP contribution is 2.34. The third kappa shape index (κ3) is 4.66. The number of esters is 1. The van der Waals surface area contributed by atoms with Crippen molar-refractivity contribution < 1.29 is 23.9 Å². The summed E-state index contributed by atoms with van der Waals surface area (Å²) in [5.74, 6) is -0.330. The third-order valence-electron chi connectivity index (χ3n) is 3.93. The van der Waals surface area contributed by atoms with Gasteiger partial charge in [0.25, 0.3) is 11.1 Å². The maximum Gasteiger partial charge on any atom is 0.329 e. The van der Waals surface area contributed by atoms with Gasteiger partial charge in [-0.15, -0.1) is 0 Å². The van der Waals surface area contributed by atoms with E-state index in [0.717, 1.165) is 34.4 Å². The van der Waals surface area contributed by atoms with Crippen molar-refractivity contribution in [3.05, 3.63) is 34.7 Å². The highest BCUT2D eigenvalue weighted by atomic mass is 32.2. The average Bonchev–Trinajstić information content (AvgIpc) is 2.89. The van der Waals surface area contributed by atoms with Crippen LogP contribution in [0.2, 0.25) is 0 Å². The minimum Gasteiger partial charge on any atom is -0.491 e. The van der Waals surface area contributed by atoms with E-state index in [4.69, 9.17) is 9.47 Å². The first-order chi connectivity index (χ1) is 12.4. The fourth-order valence-electron chi connectivity index (χ4n) is 2.29. The van der Waals surface area contributed by atoms with Crippen molar-refractivity contribution in [3.63, 3.8) is 0 Å². The summed E-state index contributed by atoms with van der Waals surface area (Å²) in [6.45, 7) is 7.40. The zero-order valence-electron chi connectivity index (χ0n) is 15.4. The molecule has 0 bridgehead atoms. The van der Waals surface area contributed by atoms with Crippen molar-refractivity contribution in [2.24, 2.45) is 0 Å². The summed E-state index contributed by atoms with van der Waals surface area (Å²) in [5, 5.41) is -0.474. The first-order valence-corrected chi connectivity index (χ1v) is 9.39. The van der Waals surface area contributed by atoms with Gasteiger partial charge in [-0.3, -0.25) is 14.5 Å². The summed E-state index contributed by atoms with van der Waals surface area (Å²) in [6.07, 6.45) is 2.67. The predicted molar refractivity (Wildman–Crippen MR) is 101 cm³/mol. The number of imide groups is 1. The van der Waals surface area contributed by atoms with E-state index in [9.17, 15) is 14.4 Å². The van der Waals surface area contributed by atoms with E-state index in [1.807, 2.05) is 38.1 Å². The van der Waals surface area contributed by atoms with Gasteiger partial charge in [0.2, 0.25) is 0 Å². The quantitative estimate of drug-likeness (QED) is 0.531. The number of hydrogen-bond acceptors (Lipinski definition) is 6. The molecule has 0 aromatic heterocycles. The molecule has 2 atom stereocenters. The maximum atomic E-state index is 12.5. The van der Waals surface area contributed by atoms with E-state index < -0.39 is 23.2 Å². The van der Waals surface area contributed by atoms with Gasteiger partial charge >= 0.3 is 5.97 Å². The fraction of sp³-hybridized carbons (Fsp3) is 0.421. The SMILES string of the molecule is CCOC(=O)[C@H](C)N1C(=O)S/C(=C/c2ccc(O[C@H](C)CC)cc2)C1=O. The molecule has 1 aromatic rings. The normalized spacial score (nSPS) is 18.2. The van der Waals surface area contributed by atoms with Crippen LogP contribution in [0.3, 0.4) is 0 Å². The lowest BCUT2D eigenvalue weighted by Gasteiger charge is -2.19. The Balaban J connectivity index is 2.13. The highest BCUT2D eigenvalue weighted by molar-refractivity contribution is 8.18. The summed E-state index contributed by atoms with van der Waals surface area (Å²) in [6, 6.07) is 6.34. The van der Waals surface area contributed by atoms with Crippen LogP contribution in [0.15, 0.2) is 29.2 Å². The minimum absolute atomic E-state index is 0.127. The largest absolute Gasteiger partial charge is 0.491 e. The summed E-state index contributed by atoms with van der Waals surface area (Å²) < 4.78 is 10.6. The molecule has 2 rings (SSSR count). The lowest BCUT2D eigenvalue weighted by Crippen LogP contribution is -2.42. The zero-order valence-corrected chi connectivity index (χ0v) is 16.2. The van der Waals surface area contributed by atoms with Crippen molar-refractivity contribution in [2.45, 2.75) is 46.3 Å². The van der Waals surface area contributed by atoms with Crippen LogP contribution in [0.1, 0.15) is 39.7 Å². The van der Waals surface area contributed by atoms with Gasteiger partial charge in [-0.25, -0.2) is 4.79 Å². The molecule has 1 aliphatic heterocycles. The lowest BCUT2D eigenvalue weighted by atomic mass is 10.2. The molecule has 0 aliphatic carbocycles. The van der Waals surface area contributed by atoms with Crippen LogP contribution >= 0.6 is 11.8 Å². The van der Waals surface area contributed by atoms with Crippen LogP contribution in [0.5, 0.6) is 5.75 Å². The maximum absolute atomic E-state index is 12.5. The second-order valence-electron chi connectivity index (χ2n) is 5.89. The molecule has 1 saturated heterocycles. The molecular formula is C19H23NO5S. The van der Waals surface area contributed by atoms with Gasteiger partial charge in [0.15, 0.2) is 0 Å². The summed E-state index contributed by atoms with van der Waals surface area (Å²) >= 11 is 0.818. The smallest absolute Gasteiger partial charge is 0.329 e. The molecule has 0 radical (unpaired) electrons. The number of amides is 2. The molecule has 1 aliphatic rings. The molecule has 0 N–H and O–H groups in total. The van der Waals surface area contributed by atoms with E-state index in [1.165, 1.54) is 6.92 Å². The number of thioether (sulfide) groups is 1. The van der Waals surface area contributed by atoms with E-state index in [0.29, 0.717) is 0 Å². The number of benzene rings is 1. The second kappa shape index (κ2) is 8.89. The van der Waals surface area contributed by atoms with Gasteiger partial charge in [-0.1, -0.05) is 19.1 Å². The minimum atomic E-state index is -0.945. The monoisotopic (exact) mass is 377 g/mol. The average molecular weight is 377 g/mol. The number of nitrogens with zero attached hydrogens (tertiary/aromatic N) is 1. The molecule has 0 unspecified atom stereocenters. The molecule has 0 spiro atoms. The second-order valence-corrected chi connectivity index (χ2v) is 6.88. The van der Waals surface area contributed by atoms with Crippen LogP contribution in [-0.4, -0.2) is 40.8 Å². The van der Waals surface area contributed by atoms with Crippen molar-refractivity contribution in [2.75, 3.05) is 6.61 Å². The fourth-order valence-corrected chi connectivity index (χ4v) is 3.20. The van der Waals surface area contributed by atoms with Crippen LogP contribution in [0, 0.1) is 0 Å². The molecule has 1 fully saturated rings. The number of ether oxygens (including phenoxy) is 2. The topological polar surface area (TPSA) is 72.9 Å². The Morgan fingerprint density at radius 2 is 1.85 bits per heavy atom. The van der Waals surface area contributed by atoms with Crippen molar-refractivity contribution in [1.82, 2.24) is 4.90 Å². The van der Waals surface area contributed by atoms with Gasteiger partial charge in [0.05, 0.1) is 17.6 Å². The Kier molecular flexibility index (Phi) is 6.85. The van der Waals surface area contributed by atoms with E-state index in [2.05, 4.69) is 0 Å². The number of carbonyl (C=O) groups excluding carboxylic acids is 3. The third-order valence-corrected chi connectivity index (χ3v) is 4.81. The van der Waals surface area contributed by atoms with Gasteiger partial charge in [-0.05, 0) is 62.7 Å². The molecule has 0 saturated carbocycles. The Morgan fingerprint density at radius 3 is 2.42 bits per heavy atom. The standard InChI is InChI=1S/C19H23NO5S/c1-5-12(3)25-15-9-7-14(8-10-15)11-16-17(21)20(19(23)26-16)13(4)18(22)24-6-2/h7-13H,5-6H2,1-4H3/b16-11+/t12-,13+/m1/s1. The van der Waals surface area contributed by atoms with Crippen molar-refractivity contribution in [1.29, 1.82) is 0 Å². The van der Waals surface area contributed by atoms with Crippen LogP contribution in [0.25, 0.3) is 6.08 Å². The number of carbonyl (C=O) groups is 3. The molecule has 7 heteroatoms. The van der Waals surface area contributed by atoms with Gasteiger partial charge < -0.3 is 9.47 Å². The molecule has 2 amide bonds. The van der Waals surface area contributed by atoms with E-state index >= 15 is 0 Å². The summed E-state index contributed by atoms with van der Waals surface area (Å²) in [4.78, 5) is 37.7. The van der Waals surface area contributed by atoms with Gasteiger partial charge in [-0.2, -0.15) is 0 Å². The Bertz CT molecular complexity index is 713. The van der Waals surface area contributed by atoms with Crippen LogP contribution in [-0.2, 0) is 14.3 Å². The van der Waals surface area contributed by atoms with Crippen LogP contribution in [0.4, 0.5) is 4.79 Å². The Hall–Kier alpha value is -2.28. The molecule has 26 heavy (non-hydrogen) atoms. The van der Waals surface area contributed by atoms with Crippen molar-refractivity contribution in [3.8, 4) is 5.75 Å². The van der Waals surface area contributed by atoms with Crippen LogP contribution < -0.4 is 4.74 Å². The van der Waals surface area contributed by atoms with Gasteiger partial charge in [0.1, 0.15) is 11.8 Å². The Labute approximate surface area is 157 Å². The molecule has 1 aromatic carbocycles.